The van der Waals surface area contributed by atoms with Gasteiger partial charge in [-0.2, -0.15) is 10.4 Å². The van der Waals surface area contributed by atoms with Gasteiger partial charge in [-0.15, -0.1) is 0 Å². The standard InChI is InChI=1S/C25H18N6O/c1-17-24(20-9-7-18(13-26)8-10-20)25(32)31(29-17)23-12-11-22(15-27-23)30-16-21(14-28-30)19-5-3-2-4-6-19/h2-12,14-16,29H,1H3. The van der Waals surface area contributed by atoms with Crippen molar-refractivity contribution in [1.82, 2.24) is 24.5 Å². The Morgan fingerprint density at radius 3 is 2.38 bits per heavy atom. The Morgan fingerprint density at radius 1 is 0.906 bits per heavy atom. The molecule has 0 aliphatic rings. The molecule has 0 aliphatic heterocycles. The fraction of sp³-hybridized carbons (Fsp3) is 0.0400. The van der Waals surface area contributed by atoms with Gasteiger partial charge in [0.15, 0.2) is 5.82 Å². The van der Waals surface area contributed by atoms with E-state index in [1.165, 1.54) is 4.68 Å². The summed E-state index contributed by atoms with van der Waals surface area (Å²) in [4.78, 5) is 17.5. The highest BCUT2D eigenvalue weighted by Gasteiger charge is 2.15. The number of benzene rings is 2. The van der Waals surface area contributed by atoms with Gasteiger partial charge in [0, 0.05) is 17.5 Å². The monoisotopic (exact) mass is 418 g/mol. The minimum absolute atomic E-state index is 0.196. The number of nitriles is 1. The molecule has 0 fully saturated rings. The van der Waals surface area contributed by atoms with E-state index < -0.39 is 0 Å². The molecule has 0 amide bonds. The first-order chi connectivity index (χ1) is 15.6. The van der Waals surface area contributed by atoms with E-state index in [1.54, 1.807) is 41.2 Å². The molecule has 0 saturated heterocycles. The summed E-state index contributed by atoms with van der Waals surface area (Å²) in [6, 6.07) is 22.7. The second-order valence-electron chi connectivity index (χ2n) is 7.36. The van der Waals surface area contributed by atoms with Crippen LogP contribution in [0.1, 0.15) is 11.3 Å². The van der Waals surface area contributed by atoms with Crippen molar-refractivity contribution < 1.29 is 0 Å². The van der Waals surface area contributed by atoms with E-state index in [2.05, 4.69) is 21.3 Å². The van der Waals surface area contributed by atoms with Crippen molar-refractivity contribution in [2.24, 2.45) is 0 Å². The van der Waals surface area contributed by atoms with Crippen LogP contribution >= 0.6 is 0 Å². The second-order valence-corrected chi connectivity index (χ2v) is 7.36. The number of hydrogen-bond acceptors (Lipinski definition) is 4. The minimum Gasteiger partial charge on any atom is -0.293 e. The number of hydrogen-bond donors (Lipinski definition) is 1. The highest BCUT2D eigenvalue weighted by molar-refractivity contribution is 5.66. The average molecular weight is 418 g/mol. The molecule has 0 radical (unpaired) electrons. The molecule has 7 nitrogen and oxygen atoms in total. The molecular weight excluding hydrogens is 400 g/mol. The van der Waals surface area contributed by atoms with Gasteiger partial charge in [-0.1, -0.05) is 42.5 Å². The summed E-state index contributed by atoms with van der Waals surface area (Å²) in [6.07, 6.45) is 5.44. The third kappa shape index (κ3) is 3.40. The molecule has 154 valence electrons. The second kappa shape index (κ2) is 7.85. The molecule has 0 saturated carbocycles. The Kier molecular flexibility index (Phi) is 4.73. The first kappa shape index (κ1) is 19.3. The van der Waals surface area contributed by atoms with E-state index in [-0.39, 0.29) is 5.56 Å². The van der Waals surface area contributed by atoms with Crippen molar-refractivity contribution in [2.75, 3.05) is 0 Å². The van der Waals surface area contributed by atoms with Gasteiger partial charge in [0.2, 0.25) is 0 Å². The summed E-state index contributed by atoms with van der Waals surface area (Å²) in [5, 5.41) is 16.5. The van der Waals surface area contributed by atoms with E-state index in [1.807, 2.05) is 55.7 Å². The van der Waals surface area contributed by atoms with E-state index in [0.29, 0.717) is 16.9 Å². The molecule has 0 bridgehead atoms. The fourth-order valence-electron chi connectivity index (χ4n) is 3.65. The van der Waals surface area contributed by atoms with E-state index >= 15 is 0 Å². The van der Waals surface area contributed by atoms with Crippen molar-refractivity contribution >= 4 is 0 Å². The van der Waals surface area contributed by atoms with Gasteiger partial charge >= 0.3 is 0 Å². The van der Waals surface area contributed by atoms with Crippen LogP contribution in [0.3, 0.4) is 0 Å². The number of aryl methyl sites for hydroxylation is 1. The quantitative estimate of drug-likeness (QED) is 0.472. The molecule has 0 aliphatic carbocycles. The Labute approximate surface area is 183 Å². The van der Waals surface area contributed by atoms with Gasteiger partial charge in [-0.25, -0.2) is 14.3 Å². The molecule has 1 N–H and O–H groups in total. The predicted molar refractivity (Wildman–Crippen MR) is 122 cm³/mol. The smallest absolute Gasteiger partial charge is 0.280 e. The number of aromatic amines is 1. The molecule has 2 aromatic carbocycles. The Hall–Kier alpha value is -4.70. The van der Waals surface area contributed by atoms with E-state index in [9.17, 15) is 4.79 Å². The highest BCUT2D eigenvalue weighted by atomic mass is 16.1. The molecule has 7 heteroatoms. The molecular formula is C25H18N6O. The molecule has 3 heterocycles. The van der Waals surface area contributed by atoms with Crippen LogP contribution in [0.4, 0.5) is 0 Å². The van der Waals surface area contributed by atoms with Crippen LogP contribution in [0.25, 0.3) is 33.8 Å². The Morgan fingerprint density at radius 2 is 1.69 bits per heavy atom. The molecule has 0 unspecified atom stereocenters. The molecule has 3 aromatic heterocycles. The number of pyridine rings is 1. The summed E-state index contributed by atoms with van der Waals surface area (Å²) in [5.41, 5.74) is 5.28. The van der Waals surface area contributed by atoms with Gasteiger partial charge in [0.05, 0.1) is 35.3 Å². The van der Waals surface area contributed by atoms with E-state index in [0.717, 1.165) is 28.1 Å². The summed E-state index contributed by atoms with van der Waals surface area (Å²) in [5.74, 6) is 0.484. The summed E-state index contributed by atoms with van der Waals surface area (Å²) < 4.78 is 3.18. The maximum absolute atomic E-state index is 13.1. The third-order valence-electron chi connectivity index (χ3n) is 5.29. The lowest BCUT2D eigenvalue weighted by atomic mass is 10.1. The first-order valence-corrected chi connectivity index (χ1v) is 10.0. The van der Waals surface area contributed by atoms with Gasteiger partial charge < -0.3 is 0 Å². The number of aromatic nitrogens is 5. The Balaban J connectivity index is 1.45. The zero-order chi connectivity index (χ0) is 22.1. The van der Waals surface area contributed by atoms with Crippen molar-refractivity contribution in [3.63, 3.8) is 0 Å². The van der Waals surface area contributed by atoms with Crippen LogP contribution in [0.5, 0.6) is 0 Å². The number of H-pyrrole nitrogens is 1. The molecule has 5 aromatic rings. The maximum atomic E-state index is 13.1. The predicted octanol–water partition coefficient (Wildman–Crippen LogP) is 4.26. The number of rotatable bonds is 4. The highest BCUT2D eigenvalue weighted by Crippen LogP contribution is 2.21. The number of nitrogens with zero attached hydrogens (tertiary/aromatic N) is 5. The third-order valence-corrected chi connectivity index (χ3v) is 5.29. The van der Waals surface area contributed by atoms with Crippen LogP contribution in [0.15, 0.2) is 90.1 Å². The largest absolute Gasteiger partial charge is 0.293 e. The molecule has 0 atom stereocenters. The lowest BCUT2D eigenvalue weighted by Gasteiger charge is -2.04. The maximum Gasteiger partial charge on any atom is 0.280 e. The number of nitrogens with one attached hydrogen (secondary N) is 1. The van der Waals surface area contributed by atoms with Crippen molar-refractivity contribution in [2.45, 2.75) is 6.92 Å². The van der Waals surface area contributed by atoms with Crippen LogP contribution in [-0.2, 0) is 0 Å². The average Bonchev–Trinajstić information content (AvgIpc) is 3.45. The van der Waals surface area contributed by atoms with Gasteiger partial charge in [0.1, 0.15) is 0 Å². The zero-order valence-corrected chi connectivity index (χ0v) is 17.2. The fourth-order valence-corrected chi connectivity index (χ4v) is 3.65. The minimum atomic E-state index is -0.196. The van der Waals surface area contributed by atoms with Crippen molar-refractivity contribution in [3.8, 4) is 39.8 Å². The van der Waals surface area contributed by atoms with Crippen LogP contribution < -0.4 is 5.56 Å². The van der Waals surface area contributed by atoms with Crippen LogP contribution in [0.2, 0.25) is 0 Å². The van der Waals surface area contributed by atoms with Crippen LogP contribution in [-0.4, -0.2) is 24.5 Å². The van der Waals surface area contributed by atoms with Gasteiger partial charge in [-0.05, 0) is 42.3 Å². The SMILES string of the molecule is Cc1[nH]n(-c2ccc(-n3cc(-c4ccccc4)cn3)cn2)c(=O)c1-c1ccc(C#N)cc1. The zero-order valence-electron chi connectivity index (χ0n) is 17.2. The molecule has 0 spiro atoms. The van der Waals surface area contributed by atoms with Crippen molar-refractivity contribution in [3.05, 3.63) is 107 Å². The summed E-state index contributed by atoms with van der Waals surface area (Å²) >= 11 is 0. The lowest BCUT2D eigenvalue weighted by Crippen LogP contribution is -2.17. The van der Waals surface area contributed by atoms with Crippen LogP contribution in [0, 0.1) is 18.3 Å². The van der Waals surface area contributed by atoms with Crippen molar-refractivity contribution in [1.29, 1.82) is 5.26 Å². The molecule has 5 rings (SSSR count). The van der Waals surface area contributed by atoms with Gasteiger partial charge in [-0.3, -0.25) is 9.89 Å². The summed E-state index contributed by atoms with van der Waals surface area (Å²) in [6.45, 7) is 1.84. The summed E-state index contributed by atoms with van der Waals surface area (Å²) in [7, 11) is 0. The first-order valence-electron chi connectivity index (χ1n) is 10.0. The topological polar surface area (TPSA) is 92.3 Å². The normalized spacial score (nSPS) is 10.8. The Bertz CT molecular complexity index is 1480. The van der Waals surface area contributed by atoms with E-state index in [4.69, 9.17) is 5.26 Å². The van der Waals surface area contributed by atoms with Gasteiger partial charge in [0.25, 0.3) is 5.56 Å². The lowest BCUT2D eigenvalue weighted by molar-refractivity contribution is 0.800. The molecule has 32 heavy (non-hydrogen) atoms.